The first kappa shape index (κ1) is 14.8. The van der Waals surface area contributed by atoms with Gasteiger partial charge in [-0.3, -0.25) is 4.79 Å². The molecule has 0 aromatic heterocycles. The zero-order valence-electron chi connectivity index (χ0n) is 11.8. The van der Waals surface area contributed by atoms with E-state index >= 15 is 0 Å². The van der Waals surface area contributed by atoms with Crippen LogP contribution in [0.3, 0.4) is 0 Å². The van der Waals surface area contributed by atoms with Gasteiger partial charge in [-0.15, -0.1) is 0 Å². The Kier molecular flexibility index (Phi) is 4.20. The lowest BCUT2D eigenvalue weighted by Crippen LogP contribution is -2.59. The summed E-state index contributed by atoms with van der Waals surface area (Å²) in [5.41, 5.74) is 0. The van der Waals surface area contributed by atoms with Crippen molar-refractivity contribution in [3.8, 4) is 0 Å². The number of nitrogens with one attached hydrogen (secondary N) is 1. The molecule has 110 valence electrons. The highest BCUT2D eigenvalue weighted by atomic mass is 32.2. The van der Waals surface area contributed by atoms with Gasteiger partial charge in [0.15, 0.2) is 14.6 Å². The van der Waals surface area contributed by atoms with Gasteiger partial charge < -0.3 is 10.2 Å². The molecule has 0 saturated carbocycles. The fourth-order valence-corrected chi connectivity index (χ4v) is 4.63. The van der Waals surface area contributed by atoms with Crippen LogP contribution in [0.25, 0.3) is 0 Å². The fraction of sp³-hybridized carbons (Fsp3) is 0.923. The summed E-state index contributed by atoms with van der Waals surface area (Å²) in [4.78, 5) is 14.6. The van der Waals surface area contributed by atoms with Crippen molar-refractivity contribution in [2.75, 3.05) is 32.4 Å². The molecule has 0 aliphatic carbocycles. The second-order valence-electron chi connectivity index (χ2n) is 6.02. The van der Waals surface area contributed by atoms with E-state index < -0.39 is 14.6 Å². The van der Waals surface area contributed by atoms with E-state index in [1.54, 1.807) is 4.90 Å². The van der Waals surface area contributed by atoms with E-state index in [0.29, 0.717) is 44.9 Å². The van der Waals surface area contributed by atoms with Crippen LogP contribution in [0, 0.1) is 5.92 Å². The first-order valence-corrected chi connectivity index (χ1v) is 8.96. The summed E-state index contributed by atoms with van der Waals surface area (Å²) in [6.07, 6.45) is 4.11. The van der Waals surface area contributed by atoms with Gasteiger partial charge in [0.25, 0.3) is 0 Å². The summed E-state index contributed by atoms with van der Waals surface area (Å²) in [5.74, 6) is 0.305. The average molecular weight is 288 g/mol. The van der Waals surface area contributed by atoms with Crippen LogP contribution in [0.2, 0.25) is 0 Å². The second kappa shape index (κ2) is 5.40. The topological polar surface area (TPSA) is 66.5 Å². The van der Waals surface area contributed by atoms with Crippen molar-refractivity contribution in [2.45, 2.75) is 37.4 Å². The zero-order chi connectivity index (χ0) is 14.1. The molecule has 0 aromatic rings. The van der Waals surface area contributed by atoms with Gasteiger partial charge in [-0.05, 0) is 44.7 Å². The van der Waals surface area contributed by atoms with E-state index in [1.165, 1.54) is 6.26 Å². The Bertz CT molecular complexity index is 441. The molecule has 5 nitrogen and oxygen atoms in total. The number of likely N-dealkylation sites (tertiary alicyclic amines) is 1. The van der Waals surface area contributed by atoms with Crippen LogP contribution in [0.4, 0.5) is 0 Å². The van der Waals surface area contributed by atoms with E-state index in [4.69, 9.17) is 0 Å². The number of carbonyl (C=O) groups excluding carboxylic acids is 1. The Balaban J connectivity index is 2.26. The maximum absolute atomic E-state index is 12.8. The SMILES string of the molecule is CC1CCCN(C(=O)C2(S(C)(=O)=O)CCNCC2)C1. The quantitative estimate of drug-likeness (QED) is 0.799. The first-order chi connectivity index (χ1) is 8.87. The van der Waals surface area contributed by atoms with Gasteiger partial charge >= 0.3 is 0 Å². The third kappa shape index (κ3) is 2.79. The van der Waals surface area contributed by atoms with Crippen molar-refractivity contribution in [1.29, 1.82) is 0 Å². The number of amides is 1. The number of hydrogen-bond donors (Lipinski definition) is 1. The molecule has 0 aromatic carbocycles. The lowest BCUT2D eigenvalue weighted by Gasteiger charge is -2.41. The average Bonchev–Trinajstić information content (AvgIpc) is 2.37. The molecular weight excluding hydrogens is 264 g/mol. The van der Waals surface area contributed by atoms with Crippen LogP contribution in [0.15, 0.2) is 0 Å². The predicted molar refractivity (Wildman–Crippen MR) is 74.7 cm³/mol. The molecule has 2 fully saturated rings. The van der Waals surface area contributed by atoms with E-state index in [-0.39, 0.29) is 5.91 Å². The van der Waals surface area contributed by atoms with Crippen LogP contribution in [-0.4, -0.2) is 56.4 Å². The molecule has 1 atom stereocenters. The molecule has 2 rings (SSSR count). The van der Waals surface area contributed by atoms with Crippen LogP contribution >= 0.6 is 0 Å². The highest BCUT2D eigenvalue weighted by molar-refractivity contribution is 7.92. The molecule has 0 radical (unpaired) electrons. The zero-order valence-corrected chi connectivity index (χ0v) is 12.6. The van der Waals surface area contributed by atoms with Crippen LogP contribution in [-0.2, 0) is 14.6 Å². The summed E-state index contributed by atoms with van der Waals surface area (Å²) >= 11 is 0. The maximum atomic E-state index is 12.8. The third-order valence-electron chi connectivity index (χ3n) is 4.45. The Labute approximate surface area is 115 Å². The summed E-state index contributed by atoms with van der Waals surface area (Å²) in [6.45, 7) is 4.72. The molecule has 19 heavy (non-hydrogen) atoms. The van der Waals surface area contributed by atoms with Crippen LogP contribution < -0.4 is 5.32 Å². The number of nitrogens with zero attached hydrogens (tertiary/aromatic N) is 1. The number of sulfone groups is 1. The fourth-order valence-electron chi connectivity index (χ4n) is 3.24. The van der Waals surface area contributed by atoms with E-state index in [0.717, 1.165) is 12.8 Å². The molecule has 2 aliphatic rings. The Morgan fingerprint density at radius 1 is 1.32 bits per heavy atom. The third-order valence-corrected chi connectivity index (χ3v) is 6.46. The van der Waals surface area contributed by atoms with Gasteiger partial charge in [0, 0.05) is 19.3 Å². The van der Waals surface area contributed by atoms with Crippen molar-refractivity contribution in [3.63, 3.8) is 0 Å². The molecule has 1 unspecified atom stereocenters. The standard InChI is InChI=1S/C13H24N2O3S/c1-11-4-3-9-15(10-11)12(16)13(19(2,17)18)5-7-14-8-6-13/h11,14H,3-10H2,1-2H3. The minimum Gasteiger partial charge on any atom is -0.341 e. The molecule has 2 aliphatic heterocycles. The molecule has 1 N–H and O–H groups in total. The molecule has 6 heteroatoms. The Morgan fingerprint density at radius 2 is 1.95 bits per heavy atom. The lowest BCUT2D eigenvalue weighted by atomic mass is 9.92. The predicted octanol–water partition coefficient (Wildman–Crippen LogP) is 0.412. The summed E-state index contributed by atoms with van der Waals surface area (Å²) < 4.78 is 23.2. The molecular formula is C13H24N2O3S. The van der Waals surface area contributed by atoms with Gasteiger partial charge in [0.1, 0.15) is 0 Å². The monoisotopic (exact) mass is 288 g/mol. The van der Waals surface area contributed by atoms with Crippen molar-refractivity contribution in [1.82, 2.24) is 10.2 Å². The minimum absolute atomic E-state index is 0.164. The first-order valence-electron chi connectivity index (χ1n) is 7.06. The normalized spacial score (nSPS) is 28.1. The van der Waals surface area contributed by atoms with Crippen LogP contribution in [0.5, 0.6) is 0 Å². The van der Waals surface area contributed by atoms with Gasteiger partial charge in [-0.25, -0.2) is 8.42 Å². The maximum Gasteiger partial charge on any atom is 0.244 e. The smallest absolute Gasteiger partial charge is 0.244 e. The van der Waals surface area contributed by atoms with E-state index in [9.17, 15) is 13.2 Å². The number of rotatable bonds is 2. The van der Waals surface area contributed by atoms with Crippen molar-refractivity contribution < 1.29 is 13.2 Å². The summed E-state index contributed by atoms with van der Waals surface area (Å²) in [5, 5.41) is 3.14. The van der Waals surface area contributed by atoms with Crippen LogP contribution in [0.1, 0.15) is 32.6 Å². The van der Waals surface area contributed by atoms with Crippen molar-refractivity contribution in [2.24, 2.45) is 5.92 Å². The number of piperidine rings is 2. The minimum atomic E-state index is -3.38. The number of hydrogen-bond acceptors (Lipinski definition) is 4. The van der Waals surface area contributed by atoms with Crippen molar-refractivity contribution >= 4 is 15.7 Å². The van der Waals surface area contributed by atoms with Gasteiger partial charge in [0.05, 0.1) is 0 Å². The van der Waals surface area contributed by atoms with Gasteiger partial charge in [-0.2, -0.15) is 0 Å². The molecule has 0 bridgehead atoms. The molecule has 0 spiro atoms. The van der Waals surface area contributed by atoms with E-state index in [2.05, 4.69) is 12.2 Å². The summed E-state index contributed by atoms with van der Waals surface area (Å²) in [7, 11) is -3.38. The summed E-state index contributed by atoms with van der Waals surface area (Å²) in [6, 6.07) is 0. The highest BCUT2D eigenvalue weighted by Gasteiger charge is 2.50. The number of carbonyl (C=O) groups is 1. The molecule has 2 heterocycles. The van der Waals surface area contributed by atoms with Gasteiger partial charge in [0.2, 0.25) is 5.91 Å². The lowest BCUT2D eigenvalue weighted by molar-refractivity contribution is -0.136. The molecule has 2 saturated heterocycles. The Morgan fingerprint density at radius 3 is 2.47 bits per heavy atom. The van der Waals surface area contributed by atoms with E-state index in [1.807, 2.05) is 0 Å². The van der Waals surface area contributed by atoms with Gasteiger partial charge in [-0.1, -0.05) is 6.92 Å². The Hall–Kier alpha value is -0.620. The van der Waals surface area contributed by atoms with Crippen molar-refractivity contribution in [3.05, 3.63) is 0 Å². The highest BCUT2D eigenvalue weighted by Crippen LogP contribution is 2.31. The molecule has 1 amide bonds. The second-order valence-corrected chi connectivity index (χ2v) is 8.34. The largest absolute Gasteiger partial charge is 0.341 e.